The first-order chi connectivity index (χ1) is 2.27. The second kappa shape index (κ2) is 2.50. The number of hydrogen-bond donors (Lipinski definition) is 3. The topological polar surface area (TPSA) is 52.0 Å². The van der Waals surface area contributed by atoms with Gasteiger partial charge in [0.25, 0.3) is 0 Å². The lowest BCUT2D eigenvalue weighted by molar-refractivity contribution is 0.805. The summed E-state index contributed by atoms with van der Waals surface area (Å²) in [5.41, 5.74) is 9.99. The van der Waals surface area contributed by atoms with Crippen molar-refractivity contribution >= 4 is 12.6 Å². The number of nitrogens with two attached hydrogens (primary N) is 2. The van der Waals surface area contributed by atoms with Crippen LogP contribution < -0.4 is 11.5 Å². The monoisotopic (exact) mass is 92.0 g/mol. The molecule has 0 rings (SSSR count). The molecular formula is C2H8N2S. The zero-order chi connectivity index (χ0) is 4.28. The Kier molecular flexibility index (Phi) is 2.64. The van der Waals surface area contributed by atoms with Gasteiger partial charge in [0.1, 0.15) is 0 Å². The van der Waals surface area contributed by atoms with Gasteiger partial charge >= 0.3 is 0 Å². The van der Waals surface area contributed by atoms with Gasteiger partial charge in [-0.1, -0.05) is 0 Å². The molecule has 2 nitrogen and oxygen atoms in total. The summed E-state index contributed by atoms with van der Waals surface area (Å²) in [6, 6.07) is 0. The molecule has 0 bridgehead atoms. The quantitative estimate of drug-likeness (QED) is 0.292. The minimum atomic E-state index is -0.252. The Balaban J connectivity index is 2.54. The van der Waals surface area contributed by atoms with Crippen LogP contribution in [-0.4, -0.2) is 11.9 Å². The molecule has 0 aromatic rings. The van der Waals surface area contributed by atoms with Crippen LogP contribution in [0.15, 0.2) is 0 Å². The van der Waals surface area contributed by atoms with E-state index in [9.17, 15) is 0 Å². The first-order valence-corrected chi connectivity index (χ1v) is 2.02. The predicted molar refractivity (Wildman–Crippen MR) is 26.0 cm³/mol. The Morgan fingerprint density at radius 3 is 1.80 bits per heavy atom. The molecule has 0 amide bonds. The molecule has 4 N–H and O–H groups in total. The molecular weight excluding hydrogens is 84.1 g/mol. The number of hydrogen-bond acceptors (Lipinski definition) is 3. The highest BCUT2D eigenvalue weighted by Gasteiger charge is 1.80. The molecule has 0 aliphatic heterocycles. The highest BCUT2D eigenvalue weighted by molar-refractivity contribution is 7.80. The highest BCUT2D eigenvalue weighted by atomic mass is 32.1. The van der Waals surface area contributed by atoms with Gasteiger partial charge in [0.2, 0.25) is 0 Å². The van der Waals surface area contributed by atoms with Crippen LogP contribution >= 0.6 is 12.6 Å². The molecule has 0 atom stereocenters. The van der Waals surface area contributed by atoms with Crippen molar-refractivity contribution in [2.75, 3.05) is 5.75 Å². The molecule has 0 radical (unpaired) electrons. The molecule has 0 aromatic heterocycles. The van der Waals surface area contributed by atoms with Crippen LogP contribution in [0.4, 0.5) is 0 Å². The van der Waals surface area contributed by atoms with E-state index in [1.54, 1.807) is 0 Å². The third-order valence-corrected chi connectivity index (χ3v) is 0.632. The second-order valence-electron chi connectivity index (χ2n) is 0.846. The molecule has 0 aliphatic carbocycles. The Labute approximate surface area is 36.9 Å². The van der Waals surface area contributed by atoms with Crippen LogP contribution in [0.25, 0.3) is 0 Å². The molecule has 0 saturated carbocycles. The zero-order valence-electron chi connectivity index (χ0n) is 2.89. The average molecular weight is 92.2 g/mol. The fourth-order valence-corrected chi connectivity index (χ4v) is 0. The van der Waals surface area contributed by atoms with E-state index in [1.165, 1.54) is 0 Å². The molecule has 0 aromatic carbocycles. The van der Waals surface area contributed by atoms with E-state index in [-0.39, 0.29) is 6.17 Å². The predicted octanol–water partition coefficient (Wildman–Crippen LogP) is -0.840. The maximum Gasteiger partial charge on any atom is 0.0611 e. The third-order valence-electron chi connectivity index (χ3n) is 0.211. The van der Waals surface area contributed by atoms with Gasteiger partial charge in [-0.2, -0.15) is 12.6 Å². The van der Waals surface area contributed by atoms with Crippen LogP contribution in [0.3, 0.4) is 0 Å². The SMILES string of the molecule is NC(N)CS. The summed E-state index contributed by atoms with van der Waals surface area (Å²) in [5, 5.41) is 0. The normalized spacial score (nSPS) is 9.60. The molecule has 32 valence electrons. The highest BCUT2D eigenvalue weighted by Crippen LogP contribution is 1.67. The summed E-state index contributed by atoms with van der Waals surface area (Å²) in [7, 11) is 0. The Morgan fingerprint density at radius 2 is 1.80 bits per heavy atom. The van der Waals surface area contributed by atoms with Crippen molar-refractivity contribution < 1.29 is 0 Å². The summed E-state index contributed by atoms with van der Waals surface area (Å²) in [6.07, 6.45) is -0.252. The van der Waals surface area contributed by atoms with Gasteiger partial charge in [-0.05, 0) is 0 Å². The van der Waals surface area contributed by atoms with Crippen LogP contribution in [0.5, 0.6) is 0 Å². The molecule has 0 heterocycles. The van der Waals surface area contributed by atoms with Crippen LogP contribution in [-0.2, 0) is 0 Å². The van der Waals surface area contributed by atoms with Crippen molar-refractivity contribution in [2.24, 2.45) is 11.5 Å². The lowest BCUT2D eigenvalue weighted by Crippen LogP contribution is -2.31. The van der Waals surface area contributed by atoms with Gasteiger partial charge in [-0.15, -0.1) is 0 Å². The minimum absolute atomic E-state index is 0.252. The molecule has 0 unspecified atom stereocenters. The third kappa shape index (κ3) is 4.27. The van der Waals surface area contributed by atoms with Gasteiger partial charge in [-0.3, -0.25) is 0 Å². The van der Waals surface area contributed by atoms with Crippen molar-refractivity contribution in [3.8, 4) is 0 Å². The van der Waals surface area contributed by atoms with Crippen LogP contribution in [0.1, 0.15) is 0 Å². The first-order valence-electron chi connectivity index (χ1n) is 1.39. The molecule has 0 fully saturated rings. The van der Waals surface area contributed by atoms with E-state index >= 15 is 0 Å². The van der Waals surface area contributed by atoms with Gasteiger partial charge in [0, 0.05) is 5.75 Å². The smallest absolute Gasteiger partial charge is 0.0611 e. The first kappa shape index (κ1) is 5.27. The van der Waals surface area contributed by atoms with Crippen LogP contribution in [0.2, 0.25) is 0 Å². The largest absolute Gasteiger partial charge is 0.315 e. The average Bonchev–Trinajstić information content (AvgIpc) is 1.38. The summed E-state index contributed by atoms with van der Waals surface area (Å²) >= 11 is 3.77. The molecule has 5 heavy (non-hydrogen) atoms. The van der Waals surface area contributed by atoms with Crippen molar-refractivity contribution in [3.05, 3.63) is 0 Å². The van der Waals surface area contributed by atoms with Crippen molar-refractivity contribution in [3.63, 3.8) is 0 Å². The van der Waals surface area contributed by atoms with Gasteiger partial charge in [0.05, 0.1) is 6.17 Å². The lowest BCUT2D eigenvalue weighted by Gasteiger charge is -1.92. The van der Waals surface area contributed by atoms with Gasteiger partial charge in [0.15, 0.2) is 0 Å². The van der Waals surface area contributed by atoms with Gasteiger partial charge in [-0.25, -0.2) is 0 Å². The Bertz CT molecular complexity index is 21.6. The van der Waals surface area contributed by atoms with Crippen LogP contribution in [0, 0.1) is 0 Å². The fourth-order valence-electron chi connectivity index (χ4n) is 0. The van der Waals surface area contributed by atoms with E-state index in [1.807, 2.05) is 0 Å². The fraction of sp³-hybridized carbons (Fsp3) is 1.00. The van der Waals surface area contributed by atoms with Crippen molar-refractivity contribution in [2.45, 2.75) is 6.17 Å². The maximum absolute atomic E-state index is 4.99. The summed E-state index contributed by atoms with van der Waals surface area (Å²) in [6.45, 7) is 0. The minimum Gasteiger partial charge on any atom is -0.315 e. The molecule has 3 heteroatoms. The van der Waals surface area contributed by atoms with Gasteiger partial charge < -0.3 is 11.5 Å². The van der Waals surface area contributed by atoms with Crippen molar-refractivity contribution in [1.29, 1.82) is 0 Å². The number of rotatable bonds is 1. The zero-order valence-corrected chi connectivity index (χ0v) is 3.78. The summed E-state index contributed by atoms with van der Waals surface area (Å²) in [5.74, 6) is 0.556. The molecule has 0 spiro atoms. The Hall–Kier alpha value is 0.270. The lowest BCUT2D eigenvalue weighted by atomic mass is 10.7. The molecule has 0 aliphatic rings. The van der Waals surface area contributed by atoms with E-state index in [0.29, 0.717) is 5.75 Å². The summed E-state index contributed by atoms with van der Waals surface area (Å²) < 4.78 is 0. The van der Waals surface area contributed by atoms with Crippen molar-refractivity contribution in [1.82, 2.24) is 0 Å². The van der Waals surface area contributed by atoms with E-state index in [2.05, 4.69) is 12.6 Å². The maximum atomic E-state index is 4.99. The summed E-state index contributed by atoms with van der Waals surface area (Å²) in [4.78, 5) is 0. The van der Waals surface area contributed by atoms with E-state index < -0.39 is 0 Å². The second-order valence-corrected chi connectivity index (χ2v) is 1.21. The van der Waals surface area contributed by atoms with E-state index in [0.717, 1.165) is 0 Å². The van der Waals surface area contributed by atoms with E-state index in [4.69, 9.17) is 11.5 Å². The Morgan fingerprint density at radius 1 is 1.60 bits per heavy atom. The standard InChI is InChI=1S/C2H8N2S/c3-2(4)1-5/h2,5H,1,3-4H2. The number of thiol groups is 1. The molecule has 0 saturated heterocycles.